The molecule has 0 aliphatic heterocycles. The second kappa shape index (κ2) is 2.65. The fourth-order valence-corrected chi connectivity index (χ4v) is 1.22. The van der Waals surface area contributed by atoms with Crippen LogP contribution in [0.2, 0.25) is 0 Å². The Hall–Kier alpha value is -1.27. The van der Waals surface area contributed by atoms with Crippen molar-refractivity contribution in [1.82, 2.24) is 0 Å². The first-order valence-corrected chi connectivity index (χ1v) is 4.27. The van der Waals surface area contributed by atoms with Crippen LogP contribution in [0.5, 0.6) is 11.5 Å². The third-order valence-electron chi connectivity index (χ3n) is 1.17. The molecule has 6 heteroatoms. The highest BCUT2D eigenvalue weighted by atomic mass is 32.2. The first-order valence-electron chi connectivity index (χ1n) is 2.83. The van der Waals surface area contributed by atoms with E-state index < -0.39 is 26.5 Å². The summed E-state index contributed by atoms with van der Waals surface area (Å²) in [5, 5.41) is 17.7. The van der Waals surface area contributed by atoms with Crippen LogP contribution in [-0.2, 0) is 10.1 Å². The summed E-state index contributed by atoms with van der Waals surface area (Å²) in [7, 11) is -4.52. The average Bonchev–Trinajstić information content (AvgIpc) is 1.92. The molecular formula is C6H5O5S. The number of phenolic OH excluding ortho intramolecular Hbond substituents is 2. The van der Waals surface area contributed by atoms with Crippen LogP contribution in [0.4, 0.5) is 0 Å². The van der Waals surface area contributed by atoms with Crippen molar-refractivity contribution in [1.29, 1.82) is 0 Å². The van der Waals surface area contributed by atoms with E-state index in [0.29, 0.717) is 0 Å². The van der Waals surface area contributed by atoms with E-state index in [1.165, 1.54) is 0 Å². The van der Waals surface area contributed by atoms with Crippen LogP contribution in [0.1, 0.15) is 0 Å². The van der Waals surface area contributed by atoms with E-state index in [-0.39, 0.29) is 0 Å². The van der Waals surface area contributed by atoms with Gasteiger partial charge in [0.05, 0.1) is 0 Å². The molecule has 0 amide bonds. The molecule has 1 aromatic rings. The van der Waals surface area contributed by atoms with Gasteiger partial charge in [0.15, 0.2) is 11.5 Å². The van der Waals surface area contributed by atoms with Gasteiger partial charge >= 0.3 is 0 Å². The fraction of sp³-hybridized carbons (Fsp3) is 0. The van der Waals surface area contributed by atoms with Crippen molar-refractivity contribution in [3.05, 3.63) is 18.2 Å². The maximum atomic E-state index is 10.5. The monoisotopic (exact) mass is 189 g/mol. The van der Waals surface area contributed by atoms with Crippen LogP contribution in [0.3, 0.4) is 0 Å². The molecule has 0 fully saturated rings. The third-order valence-corrected chi connectivity index (χ3v) is 2.00. The Balaban J connectivity index is 3.47. The van der Waals surface area contributed by atoms with Crippen molar-refractivity contribution in [2.24, 2.45) is 0 Å². The lowest BCUT2D eigenvalue weighted by molar-refractivity contribution is 0.388. The van der Waals surface area contributed by atoms with Crippen molar-refractivity contribution < 1.29 is 23.2 Å². The van der Waals surface area contributed by atoms with Crippen molar-refractivity contribution in [2.45, 2.75) is 4.90 Å². The molecule has 1 aromatic carbocycles. The fourth-order valence-electron chi connectivity index (χ4n) is 0.657. The highest BCUT2D eigenvalue weighted by Crippen LogP contribution is 2.30. The molecular weight excluding hydrogens is 184 g/mol. The quantitative estimate of drug-likeness (QED) is 0.431. The molecule has 0 atom stereocenters. The molecule has 65 valence electrons. The van der Waals surface area contributed by atoms with Crippen molar-refractivity contribution in [2.75, 3.05) is 0 Å². The number of benzene rings is 1. The minimum atomic E-state index is -4.52. The maximum Gasteiger partial charge on any atom is 0.298 e. The lowest BCUT2D eigenvalue weighted by Gasteiger charge is -2.00. The molecule has 0 saturated carbocycles. The molecule has 0 aliphatic rings. The Kier molecular flexibility index (Phi) is 1.95. The van der Waals surface area contributed by atoms with Gasteiger partial charge in [-0.25, -0.2) is 0 Å². The van der Waals surface area contributed by atoms with E-state index in [2.05, 4.69) is 6.07 Å². The Bertz CT molecular complexity index is 394. The standard InChI is InChI=1S/C6H5O5S/c7-4-2-1-3-5(6(4)8)12(9,10)11/h1-2,7-8H,(H,9,10,11). The summed E-state index contributed by atoms with van der Waals surface area (Å²) in [4.78, 5) is -0.831. The molecule has 3 N–H and O–H groups in total. The highest BCUT2D eigenvalue weighted by Gasteiger charge is 2.17. The van der Waals surface area contributed by atoms with Crippen LogP contribution in [0.15, 0.2) is 17.0 Å². The predicted octanol–water partition coefficient (Wildman–Crippen LogP) is 0.145. The zero-order valence-corrected chi connectivity index (χ0v) is 6.54. The smallest absolute Gasteiger partial charge is 0.298 e. The molecule has 1 rings (SSSR count). The van der Waals surface area contributed by atoms with Crippen molar-refractivity contribution in [3.63, 3.8) is 0 Å². The summed E-state index contributed by atoms with van der Waals surface area (Å²) < 4.78 is 29.4. The van der Waals surface area contributed by atoms with E-state index >= 15 is 0 Å². The van der Waals surface area contributed by atoms with Crippen molar-refractivity contribution in [3.8, 4) is 11.5 Å². The molecule has 12 heavy (non-hydrogen) atoms. The number of aromatic hydroxyl groups is 2. The zero-order chi connectivity index (χ0) is 9.35. The molecule has 0 spiro atoms. The van der Waals surface area contributed by atoms with Gasteiger partial charge < -0.3 is 10.2 Å². The molecule has 0 aromatic heterocycles. The first-order chi connectivity index (χ1) is 5.43. The van der Waals surface area contributed by atoms with Gasteiger partial charge in [0, 0.05) is 6.07 Å². The molecule has 0 saturated heterocycles. The summed E-state index contributed by atoms with van der Waals surface area (Å²) in [6, 6.07) is 4.18. The van der Waals surface area contributed by atoms with E-state index in [0.717, 1.165) is 12.1 Å². The summed E-state index contributed by atoms with van der Waals surface area (Å²) in [6.07, 6.45) is 0. The van der Waals surface area contributed by atoms with E-state index in [1.54, 1.807) is 0 Å². The van der Waals surface area contributed by atoms with Crippen LogP contribution >= 0.6 is 0 Å². The molecule has 0 heterocycles. The second-order valence-electron chi connectivity index (χ2n) is 2.02. The molecule has 0 unspecified atom stereocenters. The third kappa shape index (κ3) is 1.49. The van der Waals surface area contributed by atoms with Gasteiger partial charge in [-0.2, -0.15) is 8.42 Å². The van der Waals surface area contributed by atoms with E-state index in [1.807, 2.05) is 0 Å². The lowest BCUT2D eigenvalue weighted by atomic mass is 10.3. The van der Waals surface area contributed by atoms with E-state index in [9.17, 15) is 8.42 Å². The molecule has 5 nitrogen and oxygen atoms in total. The Labute approximate surface area is 68.6 Å². The summed E-state index contributed by atoms with van der Waals surface area (Å²) in [5.41, 5.74) is 0. The van der Waals surface area contributed by atoms with Gasteiger partial charge in [0.25, 0.3) is 10.1 Å². The molecule has 0 aliphatic carbocycles. The highest BCUT2D eigenvalue weighted by molar-refractivity contribution is 7.86. The van der Waals surface area contributed by atoms with Gasteiger partial charge in [0.1, 0.15) is 4.90 Å². The van der Waals surface area contributed by atoms with E-state index in [4.69, 9.17) is 14.8 Å². The predicted molar refractivity (Wildman–Crippen MR) is 38.4 cm³/mol. The van der Waals surface area contributed by atoms with Gasteiger partial charge in [-0.1, -0.05) is 0 Å². The van der Waals surface area contributed by atoms with Crippen LogP contribution in [0.25, 0.3) is 0 Å². The Morgan fingerprint density at radius 1 is 1.33 bits per heavy atom. The minimum absolute atomic E-state index is 0.624. The normalized spacial score (nSPS) is 11.4. The summed E-state index contributed by atoms with van der Waals surface area (Å²) >= 11 is 0. The zero-order valence-electron chi connectivity index (χ0n) is 5.72. The SMILES string of the molecule is O=S(=O)(O)c1[c]ccc(O)c1O. The molecule has 0 bridgehead atoms. The van der Waals surface area contributed by atoms with Gasteiger partial charge in [-0.3, -0.25) is 4.55 Å². The van der Waals surface area contributed by atoms with Gasteiger partial charge in [0.2, 0.25) is 0 Å². The lowest BCUT2D eigenvalue weighted by Crippen LogP contribution is -1.98. The number of hydrogen-bond donors (Lipinski definition) is 3. The van der Waals surface area contributed by atoms with Crippen LogP contribution in [0, 0.1) is 6.07 Å². The summed E-state index contributed by atoms with van der Waals surface area (Å²) in [5.74, 6) is -1.53. The number of hydrogen-bond acceptors (Lipinski definition) is 4. The minimum Gasteiger partial charge on any atom is -0.504 e. The largest absolute Gasteiger partial charge is 0.504 e. The topological polar surface area (TPSA) is 94.8 Å². The molecule has 1 radical (unpaired) electrons. The summed E-state index contributed by atoms with van der Waals surface area (Å²) in [6.45, 7) is 0. The van der Waals surface area contributed by atoms with Crippen LogP contribution < -0.4 is 0 Å². The number of rotatable bonds is 1. The van der Waals surface area contributed by atoms with Gasteiger partial charge in [-0.15, -0.1) is 0 Å². The van der Waals surface area contributed by atoms with Crippen molar-refractivity contribution >= 4 is 10.1 Å². The first kappa shape index (κ1) is 8.82. The average molecular weight is 189 g/mol. The van der Waals surface area contributed by atoms with Crippen LogP contribution in [-0.4, -0.2) is 23.2 Å². The Morgan fingerprint density at radius 3 is 2.33 bits per heavy atom. The Morgan fingerprint density at radius 2 is 1.92 bits per heavy atom. The maximum absolute atomic E-state index is 10.5. The second-order valence-corrected chi connectivity index (χ2v) is 3.37. The number of phenols is 2. The van der Waals surface area contributed by atoms with Gasteiger partial charge in [-0.05, 0) is 12.1 Å².